The maximum absolute atomic E-state index is 10.0. The smallest absolute Gasteiger partial charge is 0.167 e. The summed E-state index contributed by atoms with van der Waals surface area (Å²) in [6.45, 7) is 6.44. The Morgan fingerprint density at radius 2 is 1.18 bits per heavy atom. The van der Waals surface area contributed by atoms with Gasteiger partial charge in [-0.25, -0.2) is 0 Å². The van der Waals surface area contributed by atoms with E-state index in [-0.39, 0.29) is 11.1 Å². The standard InChI is InChI=1S/C12H18O5/c1-5-7(13)9(15)6(10(16)8(5)14)11(17)12(2,3)4/h11,13-17H,1-4H3. The molecule has 1 aromatic rings. The van der Waals surface area contributed by atoms with E-state index in [0.29, 0.717) is 0 Å². The van der Waals surface area contributed by atoms with Crippen molar-refractivity contribution in [2.75, 3.05) is 0 Å². The van der Waals surface area contributed by atoms with Gasteiger partial charge in [-0.2, -0.15) is 0 Å². The quantitative estimate of drug-likeness (QED) is 0.382. The highest BCUT2D eigenvalue weighted by atomic mass is 16.3. The Kier molecular flexibility index (Phi) is 3.16. The van der Waals surface area contributed by atoms with E-state index in [1.807, 2.05) is 0 Å². The lowest BCUT2D eigenvalue weighted by Crippen LogP contribution is -2.18. The fourth-order valence-corrected chi connectivity index (χ4v) is 1.53. The van der Waals surface area contributed by atoms with Gasteiger partial charge in [-0.05, 0) is 12.3 Å². The van der Waals surface area contributed by atoms with Crippen molar-refractivity contribution in [2.45, 2.75) is 33.8 Å². The molecule has 0 spiro atoms. The lowest BCUT2D eigenvalue weighted by Gasteiger charge is -2.28. The van der Waals surface area contributed by atoms with Gasteiger partial charge in [-0.15, -0.1) is 0 Å². The van der Waals surface area contributed by atoms with E-state index >= 15 is 0 Å². The zero-order valence-corrected chi connectivity index (χ0v) is 10.3. The van der Waals surface area contributed by atoms with Gasteiger partial charge in [0.2, 0.25) is 0 Å². The minimum atomic E-state index is -1.22. The summed E-state index contributed by atoms with van der Waals surface area (Å²) in [5.74, 6) is -2.31. The molecule has 17 heavy (non-hydrogen) atoms. The number of aromatic hydroxyl groups is 4. The van der Waals surface area contributed by atoms with Crippen molar-refractivity contribution in [3.05, 3.63) is 11.1 Å². The maximum atomic E-state index is 10.0. The largest absolute Gasteiger partial charge is 0.504 e. The SMILES string of the molecule is Cc1c(O)c(O)c(C(O)C(C)(C)C)c(O)c1O. The van der Waals surface area contributed by atoms with Crippen molar-refractivity contribution in [1.82, 2.24) is 0 Å². The summed E-state index contributed by atoms with van der Waals surface area (Å²) < 4.78 is 0. The predicted molar refractivity (Wildman–Crippen MR) is 62.3 cm³/mol. The van der Waals surface area contributed by atoms with Crippen LogP contribution in [0, 0.1) is 12.3 Å². The number of benzene rings is 1. The molecule has 0 heterocycles. The maximum Gasteiger partial charge on any atom is 0.167 e. The molecule has 1 unspecified atom stereocenters. The van der Waals surface area contributed by atoms with Gasteiger partial charge in [-0.3, -0.25) is 0 Å². The lowest BCUT2D eigenvalue weighted by molar-refractivity contribution is 0.0574. The fraction of sp³-hybridized carbons (Fsp3) is 0.500. The number of rotatable bonds is 1. The van der Waals surface area contributed by atoms with Crippen molar-refractivity contribution in [3.63, 3.8) is 0 Å². The van der Waals surface area contributed by atoms with Gasteiger partial charge >= 0.3 is 0 Å². The Labute approximate surface area is 99.6 Å². The van der Waals surface area contributed by atoms with Crippen molar-refractivity contribution < 1.29 is 25.5 Å². The normalized spacial score (nSPS) is 13.7. The molecule has 1 aromatic carbocycles. The summed E-state index contributed by atoms with van der Waals surface area (Å²) in [5.41, 5.74) is -0.966. The van der Waals surface area contributed by atoms with Crippen molar-refractivity contribution in [2.24, 2.45) is 5.41 Å². The van der Waals surface area contributed by atoms with Crippen LogP contribution in [0.3, 0.4) is 0 Å². The summed E-state index contributed by atoms with van der Waals surface area (Å²) in [7, 11) is 0. The Bertz CT molecular complexity index is 416. The zero-order chi connectivity index (χ0) is 13.5. The van der Waals surface area contributed by atoms with E-state index < -0.39 is 34.5 Å². The number of phenolic OH excluding ortho intramolecular Hbond substituents is 4. The number of hydrogen-bond acceptors (Lipinski definition) is 5. The zero-order valence-electron chi connectivity index (χ0n) is 10.3. The molecular formula is C12H18O5. The summed E-state index contributed by atoms with van der Waals surface area (Å²) in [5, 5.41) is 48.6. The average molecular weight is 242 g/mol. The molecule has 0 aliphatic carbocycles. The van der Waals surface area contributed by atoms with Crippen LogP contribution in [0.4, 0.5) is 0 Å². The first-order valence-corrected chi connectivity index (χ1v) is 5.23. The minimum Gasteiger partial charge on any atom is -0.504 e. The van der Waals surface area contributed by atoms with E-state index in [4.69, 9.17) is 0 Å². The Balaban J connectivity index is 3.55. The molecule has 0 bridgehead atoms. The van der Waals surface area contributed by atoms with Crippen molar-refractivity contribution in [1.29, 1.82) is 0 Å². The van der Waals surface area contributed by atoms with Gasteiger partial charge in [0.05, 0.1) is 11.7 Å². The Morgan fingerprint density at radius 1 is 0.824 bits per heavy atom. The number of aliphatic hydroxyl groups excluding tert-OH is 1. The molecule has 0 saturated heterocycles. The van der Waals surface area contributed by atoms with Gasteiger partial charge < -0.3 is 25.5 Å². The van der Waals surface area contributed by atoms with Gasteiger partial charge in [-0.1, -0.05) is 20.8 Å². The Morgan fingerprint density at radius 3 is 1.47 bits per heavy atom. The Hall–Kier alpha value is -1.62. The van der Waals surface area contributed by atoms with Crippen LogP contribution >= 0.6 is 0 Å². The van der Waals surface area contributed by atoms with E-state index in [9.17, 15) is 25.5 Å². The number of hydrogen-bond donors (Lipinski definition) is 5. The third-order valence-corrected chi connectivity index (χ3v) is 2.76. The molecule has 1 rings (SSSR count). The van der Waals surface area contributed by atoms with Crippen LogP contribution in [0.5, 0.6) is 23.0 Å². The van der Waals surface area contributed by atoms with E-state index in [2.05, 4.69) is 0 Å². The predicted octanol–water partition coefficient (Wildman–Crippen LogP) is 1.90. The van der Waals surface area contributed by atoms with Crippen molar-refractivity contribution >= 4 is 0 Å². The molecule has 0 aromatic heterocycles. The topological polar surface area (TPSA) is 101 Å². The number of phenols is 4. The van der Waals surface area contributed by atoms with Gasteiger partial charge in [0.1, 0.15) is 0 Å². The summed E-state index contributed by atoms with van der Waals surface area (Å²) in [4.78, 5) is 0. The van der Waals surface area contributed by atoms with Crippen LogP contribution in [0.1, 0.15) is 38.0 Å². The van der Waals surface area contributed by atoms with Crippen molar-refractivity contribution in [3.8, 4) is 23.0 Å². The van der Waals surface area contributed by atoms with Crippen LogP contribution in [0.25, 0.3) is 0 Å². The van der Waals surface area contributed by atoms with Crippen LogP contribution in [-0.2, 0) is 0 Å². The highest BCUT2D eigenvalue weighted by molar-refractivity contribution is 5.64. The summed E-state index contributed by atoms with van der Waals surface area (Å²) in [6, 6.07) is 0. The molecule has 1 atom stereocenters. The highest BCUT2D eigenvalue weighted by Gasteiger charge is 2.32. The molecular weight excluding hydrogens is 224 g/mol. The average Bonchev–Trinajstić information content (AvgIpc) is 2.22. The van der Waals surface area contributed by atoms with Gasteiger partial charge in [0.25, 0.3) is 0 Å². The molecule has 0 radical (unpaired) electrons. The molecule has 0 saturated carbocycles. The van der Waals surface area contributed by atoms with Gasteiger partial charge in [0, 0.05) is 5.56 Å². The molecule has 96 valence electrons. The van der Waals surface area contributed by atoms with E-state index in [0.717, 1.165) is 0 Å². The van der Waals surface area contributed by atoms with E-state index in [1.165, 1.54) is 6.92 Å². The molecule has 5 heteroatoms. The third-order valence-electron chi connectivity index (χ3n) is 2.76. The number of aliphatic hydroxyl groups is 1. The third kappa shape index (κ3) is 2.10. The first-order chi connectivity index (χ1) is 7.59. The summed E-state index contributed by atoms with van der Waals surface area (Å²) in [6.07, 6.45) is -1.22. The van der Waals surface area contributed by atoms with Crippen LogP contribution in [-0.4, -0.2) is 25.5 Å². The molecule has 5 nitrogen and oxygen atoms in total. The van der Waals surface area contributed by atoms with Gasteiger partial charge in [0.15, 0.2) is 23.0 Å². The monoisotopic (exact) mass is 242 g/mol. The first kappa shape index (κ1) is 13.4. The first-order valence-electron chi connectivity index (χ1n) is 5.23. The highest BCUT2D eigenvalue weighted by Crippen LogP contribution is 2.51. The second kappa shape index (κ2) is 4.00. The van der Waals surface area contributed by atoms with Crippen LogP contribution < -0.4 is 0 Å². The molecule has 0 aliphatic rings. The second-order valence-electron chi connectivity index (χ2n) is 5.20. The molecule has 0 amide bonds. The minimum absolute atomic E-state index is 0.0372. The molecule has 5 N–H and O–H groups in total. The van der Waals surface area contributed by atoms with E-state index in [1.54, 1.807) is 20.8 Å². The fourth-order valence-electron chi connectivity index (χ4n) is 1.53. The van der Waals surface area contributed by atoms with Crippen LogP contribution in [0.15, 0.2) is 0 Å². The van der Waals surface area contributed by atoms with Crippen LogP contribution in [0.2, 0.25) is 0 Å². The second-order valence-corrected chi connectivity index (χ2v) is 5.20. The molecule has 0 fully saturated rings. The molecule has 0 aliphatic heterocycles. The lowest BCUT2D eigenvalue weighted by atomic mass is 9.83. The summed E-state index contributed by atoms with van der Waals surface area (Å²) >= 11 is 0.